The van der Waals surface area contributed by atoms with Gasteiger partial charge in [0.25, 0.3) is 0 Å². The molecule has 3 heteroatoms. The molecule has 0 bridgehead atoms. The van der Waals surface area contributed by atoms with Gasteiger partial charge < -0.3 is 9.47 Å². The first-order chi connectivity index (χ1) is 7.27. The van der Waals surface area contributed by atoms with Crippen LogP contribution < -0.4 is 4.90 Å². The van der Waals surface area contributed by atoms with Crippen molar-refractivity contribution in [3.8, 4) is 0 Å². The number of nitrogens with zero attached hydrogens (tertiary/aromatic N) is 3. The molecule has 0 fully saturated rings. The van der Waals surface area contributed by atoms with Gasteiger partial charge in [0.05, 0.1) is 23.0 Å². The number of aryl methyl sites for hydroxylation is 1. The van der Waals surface area contributed by atoms with E-state index in [9.17, 15) is 0 Å². The van der Waals surface area contributed by atoms with Crippen molar-refractivity contribution in [3.63, 3.8) is 0 Å². The van der Waals surface area contributed by atoms with Gasteiger partial charge in [-0.1, -0.05) is 6.07 Å². The molecule has 0 radical (unpaired) electrons. The molecule has 15 heavy (non-hydrogen) atoms. The van der Waals surface area contributed by atoms with Crippen molar-refractivity contribution in [2.75, 3.05) is 18.0 Å². The molecule has 2 rings (SSSR count). The lowest BCUT2D eigenvalue weighted by Gasteiger charge is -2.22. The van der Waals surface area contributed by atoms with Crippen molar-refractivity contribution < 1.29 is 0 Å². The molecule has 2 aromatic rings. The van der Waals surface area contributed by atoms with Gasteiger partial charge in [-0.25, -0.2) is 4.98 Å². The Kier molecular flexibility index (Phi) is 2.62. The summed E-state index contributed by atoms with van der Waals surface area (Å²) in [4.78, 5) is 6.72. The highest BCUT2D eigenvalue weighted by molar-refractivity contribution is 5.89. The van der Waals surface area contributed by atoms with Crippen molar-refractivity contribution in [1.29, 1.82) is 0 Å². The number of para-hydroxylation sites is 1. The van der Waals surface area contributed by atoms with E-state index < -0.39 is 0 Å². The Hall–Kier alpha value is -1.51. The molecule has 1 aromatic carbocycles. The van der Waals surface area contributed by atoms with Crippen LogP contribution in [0.2, 0.25) is 0 Å². The summed E-state index contributed by atoms with van der Waals surface area (Å²) in [5.74, 6) is 0. The van der Waals surface area contributed by atoms with E-state index in [4.69, 9.17) is 0 Å². The van der Waals surface area contributed by atoms with Gasteiger partial charge in [0.2, 0.25) is 0 Å². The predicted octanol–water partition coefficient (Wildman–Crippen LogP) is 2.42. The largest absolute Gasteiger partial charge is 0.370 e. The molecular weight excluding hydrogens is 186 g/mol. The van der Waals surface area contributed by atoms with Crippen LogP contribution in [0.5, 0.6) is 0 Å². The maximum Gasteiger partial charge on any atom is 0.0956 e. The van der Waals surface area contributed by atoms with E-state index in [1.54, 1.807) is 0 Å². The standard InChI is InChI=1S/C12H17N3/c1-4-15(5-2)11-8-6-7-10-12(11)14(3)9-13-10/h6-9H,4-5H2,1-3H3. The highest BCUT2D eigenvalue weighted by Crippen LogP contribution is 2.25. The van der Waals surface area contributed by atoms with Gasteiger partial charge >= 0.3 is 0 Å². The number of fused-ring (bicyclic) bond motifs is 1. The monoisotopic (exact) mass is 203 g/mol. The minimum Gasteiger partial charge on any atom is -0.370 e. The molecule has 3 nitrogen and oxygen atoms in total. The third-order valence-corrected chi connectivity index (χ3v) is 2.82. The summed E-state index contributed by atoms with van der Waals surface area (Å²) in [7, 11) is 2.04. The second-order valence-corrected chi connectivity index (χ2v) is 3.67. The number of rotatable bonds is 3. The van der Waals surface area contributed by atoms with Gasteiger partial charge in [0, 0.05) is 20.1 Å². The topological polar surface area (TPSA) is 21.1 Å². The molecule has 1 aromatic heterocycles. The van der Waals surface area contributed by atoms with Crippen LogP contribution in [0, 0.1) is 0 Å². The van der Waals surface area contributed by atoms with Gasteiger partial charge in [-0.2, -0.15) is 0 Å². The minimum absolute atomic E-state index is 1.03. The van der Waals surface area contributed by atoms with E-state index in [2.05, 4.69) is 46.5 Å². The molecule has 0 aliphatic rings. The van der Waals surface area contributed by atoms with Crippen molar-refractivity contribution >= 4 is 16.7 Å². The molecule has 0 aliphatic heterocycles. The molecule has 0 unspecified atom stereocenters. The lowest BCUT2D eigenvalue weighted by molar-refractivity contribution is 0.861. The maximum absolute atomic E-state index is 4.37. The molecular formula is C12H17N3. The van der Waals surface area contributed by atoms with Gasteiger partial charge in [0.1, 0.15) is 0 Å². The summed E-state index contributed by atoms with van der Waals surface area (Å²) in [6.45, 7) is 6.42. The molecule has 80 valence electrons. The van der Waals surface area contributed by atoms with Gasteiger partial charge in [-0.05, 0) is 26.0 Å². The summed E-state index contributed by atoms with van der Waals surface area (Å²) in [5.41, 5.74) is 3.57. The first kappa shape index (κ1) is 10.0. The molecule has 0 saturated heterocycles. The fraction of sp³-hybridized carbons (Fsp3) is 0.417. The smallest absolute Gasteiger partial charge is 0.0956 e. The van der Waals surface area contributed by atoms with Crippen LogP contribution >= 0.6 is 0 Å². The number of benzene rings is 1. The van der Waals surface area contributed by atoms with Crippen LogP contribution in [0.1, 0.15) is 13.8 Å². The summed E-state index contributed by atoms with van der Waals surface area (Å²) in [6, 6.07) is 6.29. The lowest BCUT2D eigenvalue weighted by Crippen LogP contribution is -2.22. The highest BCUT2D eigenvalue weighted by Gasteiger charge is 2.09. The average molecular weight is 203 g/mol. The molecule has 0 saturated carbocycles. The average Bonchev–Trinajstić information content (AvgIpc) is 2.63. The normalized spacial score (nSPS) is 10.9. The zero-order valence-corrected chi connectivity index (χ0v) is 9.57. The van der Waals surface area contributed by atoms with E-state index in [0.29, 0.717) is 0 Å². The van der Waals surface area contributed by atoms with Crippen molar-refractivity contribution in [1.82, 2.24) is 9.55 Å². The van der Waals surface area contributed by atoms with Crippen LogP contribution in [0.25, 0.3) is 11.0 Å². The number of imidazole rings is 1. The quantitative estimate of drug-likeness (QED) is 0.764. The van der Waals surface area contributed by atoms with Crippen LogP contribution in [0.4, 0.5) is 5.69 Å². The van der Waals surface area contributed by atoms with Crippen LogP contribution in [0.3, 0.4) is 0 Å². The minimum atomic E-state index is 1.03. The number of aromatic nitrogens is 2. The fourth-order valence-corrected chi connectivity index (χ4v) is 2.01. The summed E-state index contributed by atoms with van der Waals surface area (Å²) < 4.78 is 2.09. The first-order valence-corrected chi connectivity index (χ1v) is 5.43. The number of hydrogen-bond donors (Lipinski definition) is 0. The molecule has 0 aliphatic carbocycles. The third kappa shape index (κ3) is 1.58. The second-order valence-electron chi connectivity index (χ2n) is 3.67. The van der Waals surface area contributed by atoms with Gasteiger partial charge in [0.15, 0.2) is 0 Å². The van der Waals surface area contributed by atoms with Gasteiger partial charge in [-0.3, -0.25) is 0 Å². The second kappa shape index (κ2) is 3.93. The lowest BCUT2D eigenvalue weighted by atomic mass is 10.2. The van der Waals surface area contributed by atoms with E-state index in [0.717, 1.165) is 18.6 Å². The van der Waals surface area contributed by atoms with E-state index in [1.165, 1.54) is 11.2 Å². The zero-order valence-electron chi connectivity index (χ0n) is 9.57. The van der Waals surface area contributed by atoms with E-state index in [1.807, 2.05) is 13.4 Å². The predicted molar refractivity (Wildman–Crippen MR) is 64.3 cm³/mol. The van der Waals surface area contributed by atoms with Crippen molar-refractivity contribution in [2.24, 2.45) is 7.05 Å². The Bertz CT molecular complexity index is 455. The third-order valence-electron chi connectivity index (χ3n) is 2.82. The Morgan fingerprint density at radius 2 is 2.00 bits per heavy atom. The van der Waals surface area contributed by atoms with E-state index in [-0.39, 0.29) is 0 Å². The Morgan fingerprint density at radius 3 is 2.67 bits per heavy atom. The summed E-state index contributed by atoms with van der Waals surface area (Å²) >= 11 is 0. The molecule has 0 spiro atoms. The highest BCUT2D eigenvalue weighted by atomic mass is 15.1. The molecule has 0 N–H and O–H groups in total. The van der Waals surface area contributed by atoms with Crippen molar-refractivity contribution in [2.45, 2.75) is 13.8 Å². The van der Waals surface area contributed by atoms with Gasteiger partial charge in [-0.15, -0.1) is 0 Å². The summed E-state index contributed by atoms with van der Waals surface area (Å²) in [5, 5.41) is 0. The van der Waals surface area contributed by atoms with Crippen LogP contribution in [-0.2, 0) is 7.05 Å². The Labute approximate surface area is 90.3 Å². The molecule has 0 atom stereocenters. The van der Waals surface area contributed by atoms with Crippen LogP contribution in [-0.4, -0.2) is 22.6 Å². The Morgan fingerprint density at radius 1 is 1.27 bits per heavy atom. The zero-order chi connectivity index (χ0) is 10.8. The molecule has 0 amide bonds. The van der Waals surface area contributed by atoms with Crippen LogP contribution in [0.15, 0.2) is 24.5 Å². The van der Waals surface area contributed by atoms with E-state index >= 15 is 0 Å². The number of hydrogen-bond acceptors (Lipinski definition) is 2. The fourth-order valence-electron chi connectivity index (χ4n) is 2.01. The SMILES string of the molecule is CCN(CC)c1cccc2ncn(C)c12. The number of anilines is 1. The summed E-state index contributed by atoms with van der Waals surface area (Å²) in [6.07, 6.45) is 1.87. The maximum atomic E-state index is 4.37. The molecule has 1 heterocycles. The van der Waals surface area contributed by atoms with Crippen molar-refractivity contribution in [3.05, 3.63) is 24.5 Å². The first-order valence-electron chi connectivity index (χ1n) is 5.43. The Balaban J connectivity index is 2.63.